The van der Waals surface area contributed by atoms with Crippen molar-refractivity contribution < 1.29 is 9.18 Å². The van der Waals surface area contributed by atoms with Crippen molar-refractivity contribution in [2.75, 3.05) is 7.05 Å². The molecule has 1 unspecified atom stereocenters. The number of carbonyl (C=O) groups excluding carboxylic acids is 1. The molecular formula is C26H23FN4OS. The average molecular weight is 459 g/mol. The molecule has 2 atom stereocenters. The maximum Gasteiger partial charge on any atom is 0.235 e. The largest absolute Gasteiger partial charge is 0.369 e. The number of aliphatic imine (C=N–C) groups is 1. The predicted molar refractivity (Wildman–Crippen MR) is 130 cm³/mol. The summed E-state index contributed by atoms with van der Waals surface area (Å²) in [4.78, 5) is 20.3. The van der Waals surface area contributed by atoms with Crippen molar-refractivity contribution in [3.63, 3.8) is 0 Å². The van der Waals surface area contributed by atoms with E-state index >= 15 is 0 Å². The van der Waals surface area contributed by atoms with Crippen LogP contribution in [0.4, 0.5) is 4.39 Å². The monoisotopic (exact) mass is 458 g/mol. The fourth-order valence-electron chi connectivity index (χ4n) is 3.97. The summed E-state index contributed by atoms with van der Waals surface area (Å²) >= 11 is 1.52. The first-order valence-electron chi connectivity index (χ1n) is 10.5. The molecule has 1 aliphatic heterocycles. The van der Waals surface area contributed by atoms with Gasteiger partial charge in [-0.25, -0.2) is 9.38 Å². The number of halogens is 1. The van der Waals surface area contributed by atoms with Crippen LogP contribution >= 0.6 is 11.3 Å². The summed E-state index contributed by atoms with van der Waals surface area (Å²) in [6.45, 7) is 1.93. The molecule has 0 saturated heterocycles. The molecule has 0 aliphatic carbocycles. The van der Waals surface area contributed by atoms with Gasteiger partial charge in [-0.3, -0.25) is 9.69 Å². The summed E-state index contributed by atoms with van der Waals surface area (Å²) < 4.78 is 13.2. The molecule has 1 aliphatic rings. The first-order valence-corrected chi connectivity index (χ1v) is 11.3. The van der Waals surface area contributed by atoms with E-state index in [1.54, 1.807) is 25.2 Å². The van der Waals surface area contributed by atoms with Crippen LogP contribution in [-0.4, -0.2) is 23.8 Å². The molecule has 166 valence electrons. The molecular weight excluding hydrogens is 435 g/mol. The van der Waals surface area contributed by atoms with E-state index in [0.29, 0.717) is 12.0 Å². The molecule has 0 bridgehead atoms. The minimum Gasteiger partial charge on any atom is -0.369 e. The van der Waals surface area contributed by atoms with Crippen LogP contribution in [0.2, 0.25) is 0 Å². The Kier molecular flexibility index (Phi) is 6.12. The van der Waals surface area contributed by atoms with Gasteiger partial charge in [-0.05, 0) is 65.7 Å². The Hall–Kier alpha value is -3.76. The summed E-state index contributed by atoms with van der Waals surface area (Å²) in [7, 11) is 1.63. The number of allylic oxidation sites excluding steroid dienone is 1. The number of carbonyl (C=O) groups is 1. The zero-order valence-corrected chi connectivity index (χ0v) is 19.1. The summed E-state index contributed by atoms with van der Waals surface area (Å²) in [5.74, 6) is -0.663. The van der Waals surface area contributed by atoms with Gasteiger partial charge < -0.3 is 5.73 Å². The SMILES string of the molecule is CN1C(=O)C(CC=Cc2ccc(F)cc2)[C@@](C)(c2cc(-c3cccc(C#N)c3)cs2)N=C1N. The van der Waals surface area contributed by atoms with E-state index in [1.165, 1.54) is 28.4 Å². The molecule has 2 aromatic carbocycles. The molecule has 2 N–H and O–H groups in total. The molecule has 33 heavy (non-hydrogen) atoms. The zero-order chi connectivity index (χ0) is 23.6. The van der Waals surface area contributed by atoms with Gasteiger partial charge in [0.2, 0.25) is 5.91 Å². The highest BCUT2D eigenvalue weighted by Gasteiger charge is 2.46. The first kappa shape index (κ1) is 22.4. The molecule has 2 heterocycles. The lowest BCUT2D eigenvalue weighted by atomic mass is 9.79. The maximum atomic E-state index is 13.2. The Labute approximate surface area is 196 Å². The van der Waals surface area contributed by atoms with Gasteiger partial charge in [0.25, 0.3) is 0 Å². The second-order valence-electron chi connectivity index (χ2n) is 8.15. The van der Waals surface area contributed by atoms with Gasteiger partial charge in [0, 0.05) is 11.9 Å². The van der Waals surface area contributed by atoms with Crippen LogP contribution in [0.5, 0.6) is 0 Å². The molecule has 0 fully saturated rings. The minimum absolute atomic E-state index is 0.102. The van der Waals surface area contributed by atoms with Gasteiger partial charge in [-0.1, -0.05) is 36.4 Å². The number of thiophene rings is 1. The third kappa shape index (κ3) is 4.43. The molecule has 1 aromatic heterocycles. The Morgan fingerprint density at radius 1 is 1.24 bits per heavy atom. The van der Waals surface area contributed by atoms with Gasteiger partial charge in [0.05, 0.1) is 17.6 Å². The van der Waals surface area contributed by atoms with E-state index in [9.17, 15) is 14.4 Å². The first-order chi connectivity index (χ1) is 15.8. The molecule has 3 aromatic rings. The topological polar surface area (TPSA) is 82.5 Å². The summed E-state index contributed by atoms with van der Waals surface area (Å²) in [5, 5.41) is 11.2. The van der Waals surface area contributed by atoms with E-state index < -0.39 is 11.5 Å². The number of nitrogens with zero attached hydrogens (tertiary/aromatic N) is 3. The fourth-order valence-corrected chi connectivity index (χ4v) is 5.05. The Bertz CT molecular complexity index is 1290. The number of hydrogen-bond acceptors (Lipinski definition) is 5. The van der Waals surface area contributed by atoms with E-state index in [-0.39, 0.29) is 17.7 Å². The second kappa shape index (κ2) is 9.00. The Morgan fingerprint density at radius 2 is 2.00 bits per heavy atom. The van der Waals surface area contributed by atoms with Crippen LogP contribution in [0.25, 0.3) is 17.2 Å². The van der Waals surface area contributed by atoms with Crippen molar-refractivity contribution in [2.24, 2.45) is 16.6 Å². The van der Waals surface area contributed by atoms with Crippen molar-refractivity contribution in [3.8, 4) is 17.2 Å². The molecule has 1 amide bonds. The number of benzene rings is 2. The Balaban J connectivity index is 1.67. The standard InChI is InChI=1S/C26H23FN4OS/c1-26(23-14-20(16-33-23)19-7-3-6-18(13-19)15-28)22(24(32)31(2)25(29)30-26)8-4-5-17-9-11-21(27)12-10-17/h3-7,9-14,16,22H,8H2,1-2H3,(H2,29,30)/t22?,26-/m0/s1. The van der Waals surface area contributed by atoms with Crippen molar-refractivity contribution in [1.82, 2.24) is 4.90 Å². The summed E-state index contributed by atoms with van der Waals surface area (Å²) in [6, 6.07) is 17.8. The smallest absolute Gasteiger partial charge is 0.235 e. The summed E-state index contributed by atoms with van der Waals surface area (Å²) in [6.07, 6.45) is 4.25. The van der Waals surface area contributed by atoms with E-state index in [1.807, 2.05) is 48.7 Å². The van der Waals surface area contributed by atoms with Crippen molar-refractivity contribution in [2.45, 2.75) is 18.9 Å². The highest BCUT2D eigenvalue weighted by molar-refractivity contribution is 7.10. The molecule has 0 saturated carbocycles. The third-order valence-corrected chi connectivity index (χ3v) is 7.13. The molecule has 4 rings (SSSR count). The lowest BCUT2D eigenvalue weighted by molar-refractivity contribution is -0.133. The van der Waals surface area contributed by atoms with Crippen molar-refractivity contribution in [3.05, 3.63) is 87.9 Å². The van der Waals surface area contributed by atoms with E-state index in [4.69, 9.17) is 10.7 Å². The quantitative estimate of drug-likeness (QED) is 0.574. The molecule has 5 nitrogen and oxygen atoms in total. The summed E-state index contributed by atoms with van der Waals surface area (Å²) in [5.41, 5.74) is 8.61. The number of nitrogens with two attached hydrogens (primary N) is 1. The van der Waals surface area contributed by atoms with E-state index in [2.05, 4.69) is 6.07 Å². The number of guanidine groups is 1. The fraction of sp³-hybridized carbons (Fsp3) is 0.192. The number of rotatable bonds is 5. The van der Waals surface area contributed by atoms with E-state index in [0.717, 1.165) is 21.6 Å². The van der Waals surface area contributed by atoms with Gasteiger partial charge >= 0.3 is 0 Å². The van der Waals surface area contributed by atoms with Crippen LogP contribution < -0.4 is 5.73 Å². The van der Waals surface area contributed by atoms with Gasteiger partial charge in [-0.15, -0.1) is 11.3 Å². The van der Waals surface area contributed by atoms with Crippen LogP contribution in [-0.2, 0) is 10.3 Å². The average Bonchev–Trinajstić information content (AvgIpc) is 3.32. The van der Waals surface area contributed by atoms with Crippen LogP contribution in [0, 0.1) is 23.1 Å². The minimum atomic E-state index is -0.837. The van der Waals surface area contributed by atoms with Crippen LogP contribution in [0.3, 0.4) is 0 Å². The van der Waals surface area contributed by atoms with Crippen molar-refractivity contribution >= 4 is 29.3 Å². The van der Waals surface area contributed by atoms with Gasteiger partial charge in [0.15, 0.2) is 5.96 Å². The normalized spacial score (nSPS) is 20.7. The number of hydrogen-bond donors (Lipinski definition) is 1. The number of nitriles is 1. The molecule has 0 radical (unpaired) electrons. The van der Waals surface area contributed by atoms with Gasteiger partial charge in [0.1, 0.15) is 11.4 Å². The molecule has 0 spiro atoms. The maximum absolute atomic E-state index is 13.2. The zero-order valence-electron chi connectivity index (χ0n) is 18.3. The van der Waals surface area contributed by atoms with Crippen LogP contribution in [0.15, 0.2) is 71.0 Å². The highest BCUT2D eigenvalue weighted by Crippen LogP contribution is 2.44. The lowest BCUT2D eigenvalue weighted by Gasteiger charge is -2.39. The van der Waals surface area contributed by atoms with Crippen LogP contribution in [0.1, 0.15) is 29.3 Å². The second-order valence-corrected chi connectivity index (χ2v) is 9.06. The molecule has 7 heteroatoms. The lowest BCUT2D eigenvalue weighted by Crippen LogP contribution is -2.53. The highest BCUT2D eigenvalue weighted by atomic mass is 32.1. The van der Waals surface area contributed by atoms with Crippen molar-refractivity contribution in [1.29, 1.82) is 5.26 Å². The van der Waals surface area contributed by atoms with Gasteiger partial charge in [-0.2, -0.15) is 5.26 Å². The Morgan fingerprint density at radius 3 is 2.73 bits per heavy atom. The third-order valence-electron chi connectivity index (χ3n) is 5.97. The number of amides is 1. The predicted octanol–water partition coefficient (Wildman–Crippen LogP) is 5.15.